The van der Waals surface area contributed by atoms with Crippen molar-refractivity contribution in [2.24, 2.45) is 0 Å². The number of hydrogen-bond donors (Lipinski definition) is 2. The lowest BCUT2D eigenvalue weighted by Gasteiger charge is -2.37. The summed E-state index contributed by atoms with van der Waals surface area (Å²) in [4.78, 5) is 39.0. The monoisotopic (exact) mass is 541 g/mol. The van der Waals surface area contributed by atoms with Gasteiger partial charge in [-0.3, -0.25) is 19.4 Å². The van der Waals surface area contributed by atoms with Crippen LogP contribution in [0.4, 0.5) is 5.69 Å². The number of anilines is 1. The fraction of sp³-hybridized carbons (Fsp3) is 0.406. The number of carbonyl (C=O) groups is 2. The number of unbranched alkanes of at least 4 members (excludes halogenated alkanes) is 1. The van der Waals surface area contributed by atoms with E-state index in [0.717, 1.165) is 73.4 Å². The Hall–Kier alpha value is -3.75. The van der Waals surface area contributed by atoms with Gasteiger partial charge in [0.15, 0.2) is 11.5 Å². The largest absolute Gasteiger partial charge is 0.436 e. The molecule has 1 saturated heterocycles. The van der Waals surface area contributed by atoms with E-state index in [4.69, 9.17) is 4.74 Å². The van der Waals surface area contributed by atoms with Gasteiger partial charge < -0.3 is 15.0 Å². The number of carbonyl (C=O) groups excluding carboxylic acids is 2. The van der Waals surface area contributed by atoms with Crippen LogP contribution in [0.15, 0.2) is 59.9 Å². The van der Waals surface area contributed by atoms with Crippen LogP contribution in [0.5, 0.6) is 0 Å². The van der Waals surface area contributed by atoms with E-state index in [1.54, 1.807) is 18.5 Å². The highest BCUT2D eigenvalue weighted by Gasteiger charge is 2.35. The van der Waals surface area contributed by atoms with Gasteiger partial charge in [-0.15, -0.1) is 0 Å². The Kier molecular flexibility index (Phi) is 8.47. The number of allylic oxidation sites excluding steroid dienone is 1. The highest BCUT2D eigenvalue weighted by atomic mass is 16.5. The van der Waals surface area contributed by atoms with Crippen molar-refractivity contribution < 1.29 is 14.3 Å². The average Bonchev–Trinajstić information content (AvgIpc) is 3.49. The summed E-state index contributed by atoms with van der Waals surface area (Å²) in [5.74, 6) is -0.261. The number of ether oxygens (including phenoxy) is 1. The van der Waals surface area contributed by atoms with Crippen LogP contribution in [0.25, 0.3) is 17.1 Å². The second-order valence-corrected chi connectivity index (χ2v) is 11.0. The summed E-state index contributed by atoms with van der Waals surface area (Å²) in [6.45, 7) is 13.8. The second-order valence-electron chi connectivity index (χ2n) is 11.0. The van der Waals surface area contributed by atoms with E-state index in [1.165, 1.54) is 5.56 Å². The number of pyridine rings is 1. The smallest absolute Gasteiger partial charge is 0.237 e. The summed E-state index contributed by atoms with van der Waals surface area (Å²) in [5, 5.41) is 4.16. The molecule has 0 saturated carbocycles. The van der Waals surface area contributed by atoms with E-state index in [1.807, 2.05) is 32.0 Å². The number of ketones is 2. The minimum atomic E-state index is -0.392. The molecule has 0 bridgehead atoms. The van der Waals surface area contributed by atoms with Crippen molar-refractivity contribution in [2.75, 3.05) is 31.5 Å². The molecule has 0 radical (unpaired) electrons. The molecule has 8 nitrogen and oxygen atoms in total. The number of aromatic amines is 1. The first-order valence-electron chi connectivity index (χ1n) is 14.3. The molecule has 40 heavy (non-hydrogen) atoms. The molecule has 0 aliphatic carbocycles. The zero-order chi connectivity index (χ0) is 28.2. The summed E-state index contributed by atoms with van der Waals surface area (Å²) >= 11 is 0. The lowest BCUT2D eigenvalue weighted by molar-refractivity contribution is -0.119. The quantitative estimate of drug-likeness (QED) is 0.262. The molecule has 0 atom stereocenters. The molecule has 2 aliphatic rings. The number of nitrogens with one attached hydrogen (secondary N) is 2. The second kappa shape index (κ2) is 12.2. The Bertz CT molecular complexity index is 1460. The molecule has 2 N–H and O–H groups in total. The first-order valence-corrected chi connectivity index (χ1v) is 14.3. The minimum Gasteiger partial charge on any atom is -0.436 e. The maximum atomic E-state index is 13.5. The number of H-pyrrole nitrogens is 1. The lowest BCUT2D eigenvalue weighted by atomic mass is 10.0. The van der Waals surface area contributed by atoms with Gasteiger partial charge in [0, 0.05) is 74.2 Å². The standard InChI is InChI=1S/C32H39N5O3/c1-5-6-9-27(38)29-30(39)28(18-24-19-34-31-25(24)8-7-12-33-31)40-32(29)35-26-11-10-23(17-22(26)4)20-36-13-15-37(16-14-36)21(2)3/h7-8,10-12,17-19,21,35H,5-6,9,13-16,20H2,1-4H3,(H,33,34)/b28-18-. The number of hydrogen-bond acceptors (Lipinski definition) is 7. The zero-order valence-electron chi connectivity index (χ0n) is 23.9. The van der Waals surface area contributed by atoms with Crippen LogP contribution < -0.4 is 5.32 Å². The number of aryl methyl sites for hydroxylation is 1. The number of piperazine rings is 1. The number of rotatable bonds is 10. The first-order chi connectivity index (χ1) is 19.3. The predicted octanol–water partition coefficient (Wildman–Crippen LogP) is 5.42. The van der Waals surface area contributed by atoms with Gasteiger partial charge in [0.05, 0.1) is 0 Å². The first kappa shape index (κ1) is 27.8. The van der Waals surface area contributed by atoms with Gasteiger partial charge in [0.1, 0.15) is 11.2 Å². The summed E-state index contributed by atoms with van der Waals surface area (Å²) in [5.41, 5.74) is 4.68. The normalized spacial score (nSPS) is 17.8. The number of aromatic nitrogens is 2. The van der Waals surface area contributed by atoms with Crippen molar-refractivity contribution >= 4 is 34.4 Å². The fourth-order valence-corrected chi connectivity index (χ4v) is 5.35. The fourth-order valence-electron chi connectivity index (χ4n) is 5.35. The molecule has 0 unspecified atom stereocenters. The van der Waals surface area contributed by atoms with Gasteiger partial charge in [0.2, 0.25) is 11.7 Å². The third-order valence-corrected chi connectivity index (χ3v) is 7.78. The van der Waals surface area contributed by atoms with E-state index in [0.29, 0.717) is 12.5 Å². The van der Waals surface area contributed by atoms with E-state index in [-0.39, 0.29) is 23.0 Å². The molecule has 5 rings (SSSR count). The van der Waals surface area contributed by atoms with Crippen molar-refractivity contribution in [1.82, 2.24) is 19.8 Å². The molecule has 4 heterocycles. The van der Waals surface area contributed by atoms with Crippen molar-refractivity contribution in [3.8, 4) is 0 Å². The van der Waals surface area contributed by atoms with Gasteiger partial charge >= 0.3 is 0 Å². The Morgan fingerprint density at radius 3 is 2.73 bits per heavy atom. The van der Waals surface area contributed by atoms with Crippen LogP contribution in [0.2, 0.25) is 0 Å². The molecule has 2 aromatic heterocycles. The third kappa shape index (κ3) is 6.03. The highest BCUT2D eigenvalue weighted by Crippen LogP contribution is 2.32. The zero-order valence-corrected chi connectivity index (χ0v) is 23.9. The molecule has 2 aliphatic heterocycles. The molecule has 8 heteroatoms. The van der Waals surface area contributed by atoms with Gasteiger partial charge in [-0.1, -0.05) is 25.5 Å². The number of Topliss-reactive ketones (excluding diaryl/α,β-unsaturated/α-hetero) is 2. The van der Waals surface area contributed by atoms with Crippen molar-refractivity contribution in [3.63, 3.8) is 0 Å². The Morgan fingerprint density at radius 2 is 2.00 bits per heavy atom. The van der Waals surface area contributed by atoms with Crippen LogP contribution in [0.3, 0.4) is 0 Å². The number of benzene rings is 1. The topological polar surface area (TPSA) is 90.6 Å². The Labute approximate surface area is 236 Å². The summed E-state index contributed by atoms with van der Waals surface area (Å²) in [7, 11) is 0. The van der Waals surface area contributed by atoms with Crippen LogP contribution in [0, 0.1) is 6.92 Å². The summed E-state index contributed by atoms with van der Waals surface area (Å²) in [6.07, 6.45) is 7.07. The van der Waals surface area contributed by atoms with Gasteiger partial charge in [-0.2, -0.15) is 0 Å². The van der Waals surface area contributed by atoms with Crippen LogP contribution in [-0.2, 0) is 20.9 Å². The minimum absolute atomic E-state index is 0.0872. The molecule has 210 valence electrons. The van der Waals surface area contributed by atoms with Crippen molar-refractivity contribution in [2.45, 2.75) is 59.5 Å². The van der Waals surface area contributed by atoms with E-state index >= 15 is 0 Å². The Balaban J connectivity index is 1.35. The molecule has 1 aromatic carbocycles. The van der Waals surface area contributed by atoms with Crippen LogP contribution in [-0.4, -0.2) is 63.6 Å². The SMILES string of the molecule is CCCCC(=O)C1=C(Nc2ccc(CN3CCN(C(C)C)CC3)cc2C)O/C(=C\c2c[nH]c3ncccc23)C1=O. The number of nitrogens with zero attached hydrogens (tertiary/aromatic N) is 3. The van der Waals surface area contributed by atoms with E-state index < -0.39 is 5.78 Å². The van der Waals surface area contributed by atoms with E-state index in [2.05, 4.69) is 51.1 Å². The summed E-state index contributed by atoms with van der Waals surface area (Å²) < 4.78 is 6.06. The Morgan fingerprint density at radius 1 is 1.20 bits per heavy atom. The number of fused-ring (bicyclic) bond motifs is 1. The van der Waals surface area contributed by atoms with E-state index in [9.17, 15) is 9.59 Å². The highest BCUT2D eigenvalue weighted by molar-refractivity contribution is 6.28. The third-order valence-electron chi connectivity index (χ3n) is 7.78. The van der Waals surface area contributed by atoms with Gasteiger partial charge in [-0.05, 0) is 62.6 Å². The maximum absolute atomic E-state index is 13.5. The molecular weight excluding hydrogens is 502 g/mol. The lowest BCUT2D eigenvalue weighted by Crippen LogP contribution is -2.48. The van der Waals surface area contributed by atoms with Crippen LogP contribution in [0.1, 0.15) is 56.7 Å². The average molecular weight is 542 g/mol. The van der Waals surface area contributed by atoms with Gasteiger partial charge in [-0.25, -0.2) is 4.98 Å². The van der Waals surface area contributed by atoms with Crippen molar-refractivity contribution in [3.05, 3.63) is 76.6 Å². The summed E-state index contributed by atoms with van der Waals surface area (Å²) in [6, 6.07) is 10.6. The molecule has 0 amide bonds. The molecule has 0 spiro atoms. The van der Waals surface area contributed by atoms with Gasteiger partial charge in [0.25, 0.3) is 0 Å². The van der Waals surface area contributed by atoms with Crippen LogP contribution >= 0.6 is 0 Å². The predicted molar refractivity (Wildman–Crippen MR) is 159 cm³/mol. The molecule has 1 fully saturated rings. The molecule has 3 aromatic rings. The molecular formula is C32H39N5O3. The van der Waals surface area contributed by atoms with Crippen molar-refractivity contribution in [1.29, 1.82) is 0 Å². The maximum Gasteiger partial charge on any atom is 0.237 e.